The second kappa shape index (κ2) is 7.41. The molecule has 2 aromatic rings. The van der Waals surface area contributed by atoms with Crippen LogP contribution in [0.4, 0.5) is 17.5 Å². The molecule has 1 N–H and O–H groups in total. The summed E-state index contributed by atoms with van der Waals surface area (Å²) in [5.41, 5.74) is 2.70. The molecule has 8 nitrogen and oxygen atoms in total. The third kappa shape index (κ3) is 4.05. The van der Waals surface area contributed by atoms with E-state index >= 15 is 0 Å². The first kappa shape index (κ1) is 18.1. The minimum absolute atomic E-state index is 0.170. The number of rotatable bonds is 5. The van der Waals surface area contributed by atoms with Crippen molar-refractivity contribution in [1.29, 1.82) is 0 Å². The van der Waals surface area contributed by atoms with E-state index in [1.807, 2.05) is 30.3 Å². The summed E-state index contributed by atoms with van der Waals surface area (Å²) >= 11 is 0. The lowest BCUT2D eigenvalue weighted by atomic mass is 10.1. The van der Waals surface area contributed by atoms with E-state index in [-0.39, 0.29) is 12.2 Å². The second-order valence-corrected chi connectivity index (χ2v) is 8.22. The molecule has 2 aliphatic rings. The first-order chi connectivity index (χ1) is 13.0. The molecule has 3 heterocycles. The average molecular weight is 390 g/mol. The Kier molecular flexibility index (Phi) is 4.98. The standard InChI is InChI=1S/C18H22N4O4S/c23-27(24,25)13-7-16-15-6-8-22(14-4-2-1-3-5-14)17(15)20-18(19-16)21-9-11-26-12-10-21/h1-5H,6-13H2,(H,23,24,25). The van der Waals surface area contributed by atoms with Gasteiger partial charge in [0, 0.05) is 37.3 Å². The Morgan fingerprint density at radius 3 is 2.52 bits per heavy atom. The first-order valence-corrected chi connectivity index (χ1v) is 10.6. The third-order valence-electron chi connectivity index (χ3n) is 4.86. The van der Waals surface area contributed by atoms with E-state index in [9.17, 15) is 8.42 Å². The number of ether oxygens (including phenoxy) is 1. The fourth-order valence-electron chi connectivity index (χ4n) is 3.51. The molecule has 0 amide bonds. The van der Waals surface area contributed by atoms with E-state index in [2.05, 4.69) is 14.8 Å². The number of morpholine rings is 1. The van der Waals surface area contributed by atoms with Gasteiger partial charge in [-0.25, -0.2) is 4.98 Å². The van der Waals surface area contributed by atoms with Crippen molar-refractivity contribution in [3.05, 3.63) is 41.6 Å². The zero-order valence-corrected chi connectivity index (χ0v) is 15.7. The Morgan fingerprint density at radius 1 is 1.07 bits per heavy atom. The number of anilines is 3. The van der Waals surface area contributed by atoms with Gasteiger partial charge in [-0.2, -0.15) is 13.4 Å². The predicted octanol–water partition coefficient (Wildman–Crippen LogP) is 1.44. The fraction of sp³-hybridized carbons (Fsp3) is 0.444. The van der Waals surface area contributed by atoms with Crippen LogP contribution in [0.2, 0.25) is 0 Å². The van der Waals surface area contributed by atoms with Crippen LogP contribution >= 0.6 is 0 Å². The van der Waals surface area contributed by atoms with Gasteiger partial charge in [-0.1, -0.05) is 18.2 Å². The molecule has 1 aromatic carbocycles. The Balaban J connectivity index is 1.74. The van der Waals surface area contributed by atoms with E-state index in [4.69, 9.17) is 14.3 Å². The zero-order valence-electron chi connectivity index (χ0n) is 14.9. The predicted molar refractivity (Wildman–Crippen MR) is 102 cm³/mol. The number of nitrogens with zero attached hydrogens (tertiary/aromatic N) is 4. The summed E-state index contributed by atoms with van der Waals surface area (Å²) in [6, 6.07) is 10.00. The van der Waals surface area contributed by atoms with Crippen LogP contribution in [0.15, 0.2) is 30.3 Å². The maximum absolute atomic E-state index is 11.3. The van der Waals surface area contributed by atoms with Crippen molar-refractivity contribution in [3.63, 3.8) is 0 Å². The van der Waals surface area contributed by atoms with Gasteiger partial charge in [0.1, 0.15) is 5.82 Å². The molecule has 0 radical (unpaired) electrons. The monoisotopic (exact) mass is 390 g/mol. The summed E-state index contributed by atoms with van der Waals surface area (Å²) in [4.78, 5) is 13.7. The van der Waals surface area contributed by atoms with Crippen LogP contribution < -0.4 is 9.80 Å². The molecule has 0 bridgehead atoms. The lowest BCUT2D eigenvalue weighted by Crippen LogP contribution is -2.37. The van der Waals surface area contributed by atoms with E-state index < -0.39 is 10.1 Å². The molecular formula is C18H22N4O4S. The molecule has 27 heavy (non-hydrogen) atoms. The molecule has 1 fully saturated rings. The normalized spacial score (nSPS) is 17.2. The fourth-order valence-corrected chi connectivity index (χ4v) is 3.96. The van der Waals surface area contributed by atoms with E-state index in [1.54, 1.807) is 0 Å². The molecule has 0 unspecified atom stereocenters. The minimum Gasteiger partial charge on any atom is -0.378 e. The van der Waals surface area contributed by atoms with Gasteiger partial charge in [-0.05, 0) is 18.6 Å². The Hall–Kier alpha value is -2.23. The number of aryl methyl sites for hydroxylation is 1. The van der Waals surface area contributed by atoms with Crippen LogP contribution in [0.3, 0.4) is 0 Å². The summed E-state index contributed by atoms with van der Waals surface area (Å²) in [7, 11) is -4.05. The van der Waals surface area contributed by atoms with Crippen molar-refractivity contribution >= 4 is 27.6 Å². The Morgan fingerprint density at radius 2 is 1.81 bits per heavy atom. The van der Waals surface area contributed by atoms with Crippen molar-refractivity contribution < 1.29 is 17.7 Å². The molecule has 1 saturated heterocycles. The van der Waals surface area contributed by atoms with Crippen molar-refractivity contribution in [2.45, 2.75) is 12.8 Å². The lowest BCUT2D eigenvalue weighted by molar-refractivity contribution is 0.122. The zero-order chi connectivity index (χ0) is 18.9. The van der Waals surface area contributed by atoms with E-state index in [1.165, 1.54) is 0 Å². The van der Waals surface area contributed by atoms with Crippen LogP contribution in [0.1, 0.15) is 11.3 Å². The Bertz CT molecular complexity index is 914. The summed E-state index contributed by atoms with van der Waals surface area (Å²) in [6.07, 6.45) is 0.915. The van der Waals surface area contributed by atoms with Crippen molar-refractivity contribution in [2.75, 3.05) is 48.4 Å². The molecule has 4 rings (SSSR count). The van der Waals surface area contributed by atoms with Gasteiger partial charge in [-0.3, -0.25) is 4.55 Å². The molecule has 0 saturated carbocycles. The summed E-state index contributed by atoms with van der Waals surface area (Å²) < 4.78 is 37.1. The Labute approximate surface area is 158 Å². The summed E-state index contributed by atoms with van der Waals surface area (Å²) in [6.45, 7) is 3.38. The molecule has 2 aliphatic heterocycles. The number of aromatic nitrogens is 2. The lowest BCUT2D eigenvalue weighted by Gasteiger charge is -2.28. The summed E-state index contributed by atoms with van der Waals surface area (Å²) in [5.74, 6) is 1.07. The van der Waals surface area contributed by atoms with Crippen LogP contribution in [-0.4, -0.2) is 61.5 Å². The number of hydrogen-bond acceptors (Lipinski definition) is 7. The van der Waals surface area contributed by atoms with Gasteiger partial charge < -0.3 is 14.5 Å². The first-order valence-electron chi connectivity index (χ1n) is 9.01. The topological polar surface area (TPSA) is 95.9 Å². The SMILES string of the molecule is O=S(=O)(O)CCc1nc(N2CCOCC2)nc2c1CCN2c1ccccc1. The molecule has 9 heteroatoms. The minimum atomic E-state index is -4.05. The van der Waals surface area contributed by atoms with Crippen LogP contribution in [-0.2, 0) is 27.7 Å². The number of fused-ring (bicyclic) bond motifs is 1. The highest BCUT2D eigenvalue weighted by Gasteiger charge is 2.28. The molecular weight excluding hydrogens is 368 g/mol. The highest BCUT2D eigenvalue weighted by Crippen LogP contribution is 2.35. The number of benzene rings is 1. The maximum atomic E-state index is 11.3. The maximum Gasteiger partial charge on any atom is 0.265 e. The summed E-state index contributed by atoms with van der Waals surface area (Å²) in [5, 5.41) is 0. The van der Waals surface area contributed by atoms with Gasteiger partial charge in [0.25, 0.3) is 10.1 Å². The van der Waals surface area contributed by atoms with Crippen molar-refractivity contribution in [2.24, 2.45) is 0 Å². The van der Waals surface area contributed by atoms with Crippen molar-refractivity contribution in [3.8, 4) is 0 Å². The van der Waals surface area contributed by atoms with Gasteiger partial charge in [0.05, 0.1) is 24.7 Å². The van der Waals surface area contributed by atoms with Gasteiger partial charge in [0.15, 0.2) is 0 Å². The van der Waals surface area contributed by atoms with Gasteiger partial charge >= 0.3 is 0 Å². The van der Waals surface area contributed by atoms with E-state index in [0.29, 0.717) is 37.9 Å². The van der Waals surface area contributed by atoms with E-state index in [0.717, 1.165) is 30.0 Å². The van der Waals surface area contributed by atoms with Crippen LogP contribution in [0, 0.1) is 0 Å². The van der Waals surface area contributed by atoms with Crippen LogP contribution in [0.5, 0.6) is 0 Å². The second-order valence-electron chi connectivity index (χ2n) is 6.65. The highest BCUT2D eigenvalue weighted by atomic mass is 32.2. The number of para-hydroxylation sites is 1. The molecule has 0 aliphatic carbocycles. The average Bonchev–Trinajstić information content (AvgIpc) is 3.11. The molecule has 0 atom stereocenters. The van der Waals surface area contributed by atoms with Crippen molar-refractivity contribution in [1.82, 2.24) is 9.97 Å². The quantitative estimate of drug-likeness (QED) is 0.766. The van der Waals surface area contributed by atoms with Crippen LogP contribution in [0.25, 0.3) is 0 Å². The smallest absolute Gasteiger partial charge is 0.265 e. The van der Waals surface area contributed by atoms with Gasteiger partial charge in [-0.15, -0.1) is 0 Å². The molecule has 1 aromatic heterocycles. The van der Waals surface area contributed by atoms with Gasteiger partial charge in [0.2, 0.25) is 5.95 Å². The molecule has 144 valence electrons. The molecule has 0 spiro atoms. The highest BCUT2D eigenvalue weighted by molar-refractivity contribution is 7.85. The largest absolute Gasteiger partial charge is 0.378 e. The third-order valence-corrected chi connectivity index (χ3v) is 5.58. The number of hydrogen-bond donors (Lipinski definition) is 1.